The lowest BCUT2D eigenvalue weighted by Crippen LogP contribution is -2.24. The van der Waals surface area contributed by atoms with Gasteiger partial charge < -0.3 is 9.73 Å². The first-order valence-corrected chi connectivity index (χ1v) is 12.0. The summed E-state index contributed by atoms with van der Waals surface area (Å²) in [7, 11) is -1.17. The van der Waals surface area contributed by atoms with Gasteiger partial charge in [-0.1, -0.05) is 37.5 Å². The number of carbonyl (C=O) groups excluding carboxylic acids is 1. The van der Waals surface area contributed by atoms with Gasteiger partial charge in [-0.25, -0.2) is 0 Å². The number of amides is 1. The van der Waals surface area contributed by atoms with Crippen LogP contribution in [0.4, 0.5) is 0 Å². The molecule has 27 heavy (non-hydrogen) atoms. The molecule has 0 bridgehead atoms. The van der Waals surface area contributed by atoms with E-state index in [2.05, 4.69) is 5.32 Å². The molecule has 4 nitrogen and oxygen atoms in total. The quantitative estimate of drug-likeness (QED) is 0.610. The molecule has 1 fully saturated rings. The number of nitrogens with one attached hydrogen (secondary N) is 1. The van der Waals surface area contributed by atoms with Gasteiger partial charge in [0.15, 0.2) is 5.76 Å². The van der Waals surface area contributed by atoms with Crippen LogP contribution in [0, 0.1) is 0 Å². The Morgan fingerprint density at radius 1 is 1.11 bits per heavy atom. The third-order valence-corrected chi connectivity index (χ3v) is 7.49. The Morgan fingerprint density at radius 3 is 2.67 bits per heavy atom. The lowest BCUT2D eigenvalue weighted by atomic mass is 10.0. The average Bonchev–Trinajstić information content (AvgIpc) is 3.17. The number of benzene rings is 1. The van der Waals surface area contributed by atoms with Crippen LogP contribution >= 0.6 is 11.8 Å². The van der Waals surface area contributed by atoms with Crippen molar-refractivity contribution in [1.82, 2.24) is 5.32 Å². The Kier molecular flexibility index (Phi) is 8.02. The van der Waals surface area contributed by atoms with Crippen molar-refractivity contribution < 1.29 is 13.4 Å². The van der Waals surface area contributed by atoms with E-state index in [9.17, 15) is 9.00 Å². The highest BCUT2D eigenvalue weighted by molar-refractivity contribution is 7.99. The van der Waals surface area contributed by atoms with Gasteiger partial charge in [-0.15, -0.1) is 0 Å². The Morgan fingerprint density at radius 2 is 1.89 bits per heavy atom. The Balaban J connectivity index is 1.37. The van der Waals surface area contributed by atoms with Crippen molar-refractivity contribution in [1.29, 1.82) is 0 Å². The second-order valence-electron chi connectivity index (χ2n) is 6.81. The molecule has 1 aliphatic carbocycles. The summed E-state index contributed by atoms with van der Waals surface area (Å²) in [6, 6.07) is 12.7. The zero-order valence-electron chi connectivity index (χ0n) is 15.5. The topological polar surface area (TPSA) is 59.3 Å². The van der Waals surface area contributed by atoms with E-state index in [0.717, 1.165) is 22.3 Å². The molecule has 0 radical (unpaired) electrons. The Labute approximate surface area is 168 Å². The SMILES string of the molecule is O=C(NCCCSC1CCCCC1)c1ccc(C[S@](=O)c2ccccc2)o1. The summed E-state index contributed by atoms with van der Waals surface area (Å²) in [5.74, 6) is 2.01. The Bertz CT molecular complexity index is 739. The molecule has 6 heteroatoms. The van der Waals surface area contributed by atoms with Crippen molar-refractivity contribution in [2.24, 2.45) is 0 Å². The first-order chi connectivity index (χ1) is 13.2. The number of hydrogen-bond acceptors (Lipinski definition) is 4. The van der Waals surface area contributed by atoms with E-state index in [1.807, 2.05) is 42.1 Å². The summed E-state index contributed by atoms with van der Waals surface area (Å²) in [5, 5.41) is 3.73. The van der Waals surface area contributed by atoms with E-state index in [-0.39, 0.29) is 17.4 Å². The highest BCUT2D eigenvalue weighted by Crippen LogP contribution is 2.28. The molecule has 1 amide bonds. The van der Waals surface area contributed by atoms with Crippen LogP contribution < -0.4 is 5.32 Å². The van der Waals surface area contributed by atoms with Gasteiger partial charge in [-0.2, -0.15) is 11.8 Å². The van der Waals surface area contributed by atoms with Crippen LogP contribution in [0.3, 0.4) is 0 Å². The predicted molar refractivity (Wildman–Crippen MR) is 112 cm³/mol. The number of carbonyl (C=O) groups is 1. The van der Waals surface area contributed by atoms with Crippen LogP contribution in [0.5, 0.6) is 0 Å². The van der Waals surface area contributed by atoms with Gasteiger partial charge in [0, 0.05) is 16.7 Å². The van der Waals surface area contributed by atoms with E-state index < -0.39 is 10.8 Å². The maximum absolute atomic E-state index is 12.3. The third-order valence-electron chi connectivity index (χ3n) is 4.68. The fourth-order valence-electron chi connectivity index (χ4n) is 3.21. The maximum atomic E-state index is 12.3. The van der Waals surface area contributed by atoms with Crippen molar-refractivity contribution in [2.45, 2.75) is 54.4 Å². The zero-order valence-corrected chi connectivity index (χ0v) is 17.2. The molecule has 1 aromatic heterocycles. The fraction of sp³-hybridized carbons (Fsp3) is 0.476. The lowest BCUT2D eigenvalue weighted by molar-refractivity contribution is 0.0924. The summed E-state index contributed by atoms with van der Waals surface area (Å²) in [5.41, 5.74) is 0. The first kappa shape index (κ1) is 20.2. The number of thioether (sulfide) groups is 1. The average molecular weight is 406 g/mol. The van der Waals surface area contributed by atoms with Gasteiger partial charge in [0.2, 0.25) is 0 Å². The Hall–Kier alpha value is -1.53. The van der Waals surface area contributed by atoms with Crippen LogP contribution in [0.2, 0.25) is 0 Å². The number of rotatable bonds is 9. The molecular weight excluding hydrogens is 378 g/mol. The standard InChI is InChI=1S/C21H27NO3S2/c23-21(22-14-7-15-26-18-8-3-1-4-9-18)20-13-12-17(25-20)16-27(24)19-10-5-2-6-11-19/h2,5-6,10-13,18H,1,3-4,7-9,14-16H2,(H,22,23)/t27-/m0/s1. The second-order valence-corrected chi connectivity index (χ2v) is 9.67. The van der Waals surface area contributed by atoms with Gasteiger partial charge in [0.25, 0.3) is 5.91 Å². The molecule has 0 saturated heterocycles. The van der Waals surface area contributed by atoms with Crippen LogP contribution in [0.1, 0.15) is 54.8 Å². The largest absolute Gasteiger partial charge is 0.455 e. The molecule has 1 aromatic carbocycles. The minimum Gasteiger partial charge on any atom is -0.455 e. The van der Waals surface area contributed by atoms with E-state index in [0.29, 0.717) is 12.3 Å². The summed E-state index contributed by atoms with van der Waals surface area (Å²) < 4.78 is 17.9. The smallest absolute Gasteiger partial charge is 0.286 e. The molecule has 1 N–H and O–H groups in total. The molecule has 3 rings (SSSR count). The summed E-state index contributed by atoms with van der Waals surface area (Å²) >= 11 is 2.05. The minimum absolute atomic E-state index is 0.200. The normalized spacial score (nSPS) is 16.1. The summed E-state index contributed by atoms with van der Waals surface area (Å²) in [6.45, 7) is 0.657. The van der Waals surface area contributed by atoms with Gasteiger partial charge in [0.1, 0.15) is 5.76 Å². The molecule has 0 unspecified atom stereocenters. The van der Waals surface area contributed by atoms with E-state index in [1.165, 1.54) is 32.1 Å². The van der Waals surface area contributed by atoms with Gasteiger partial charge in [-0.05, 0) is 49.3 Å². The van der Waals surface area contributed by atoms with Crippen LogP contribution in [0.15, 0.2) is 51.8 Å². The highest BCUT2D eigenvalue weighted by atomic mass is 32.2. The van der Waals surface area contributed by atoms with Crippen molar-refractivity contribution >= 4 is 28.5 Å². The van der Waals surface area contributed by atoms with E-state index in [4.69, 9.17) is 4.42 Å². The molecular formula is C21H27NO3S2. The van der Waals surface area contributed by atoms with Crippen molar-refractivity contribution in [3.8, 4) is 0 Å². The summed E-state index contributed by atoms with van der Waals surface area (Å²) in [4.78, 5) is 13.0. The molecule has 0 spiro atoms. The second kappa shape index (κ2) is 10.7. The highest BCUT2D eigenvalue weighted by Gasteiger charge is 2.15. The van der Waals surface area contributed by atoms with Crippen LogP contribution in [-0.2, 0) is 16.6 Å². The predicted octanol–water partition coefficient (Wildman–Crippen LogP) is 4.77. The van der Waals surface area contributed by atoms with Gasteiger partial charge in [-0.3, -0.25) is 9.00 Å². The molecule has 0 aliphatic heterocycles. The van der Waals surface area contributed by atoms with E-state index in [1.54, 1.807) is 12.1 Å². The number of furan rings is 1. The van der Waals surface area contributed by atoms with Crippen molar-refractivity contribution in [2.75, 3.05) is 12.3 Å². The molecule has 1 atom stereocenters. The molecule has 1 aliphatic rings. The summed E-state index contributed by atoms with van der Waals surface area (Å²) in [6.07, 6.45) is 7.78. The molecule has 1 saturated carbocycles. The van der Waals surface area contributed by atoms with Crippen LogP contribution in [0.25, 0.3) is 0 Å². The van der Waals surface area contributed by atoms with E-state index >= 15 is 0 Å². The van der Waals surface area contributed by atoms with Crippen molar-refractivity contribution in [3.05, 3.63) is 54.0 Å². The van der Waals surface area contributed by atoms with Crippen LogP contribution in [-0.4, -0.2) is 27.7 Å². The molecule has 146 valence electrons. The maximum Gasteiger partial charge on any atom is 0.286 e. The fourth-order valence-corrected chi connectivity index (χ4v) is 5.56. The van der Waals surface area contributed by atoms with Crippen molar-refractivity contribution in [3.63, 3.8) is 0 Å². The van der Waals surface area contributed by atoms with Gasteiger partial charge in [0.05, 0.1) is 16.6 Å². The zero-order chi connectivity index (χ0) is 18.9. The number of hydrogen-bond donors (Lipinski definition) is 1. The third kappa shape index (κ3) is 6.54. The first-order valence-electron chi connectivity index (χ1n) is 9.64. The lowest BCUT2D eigenvalue weighted by Gasteiger charge is -2.20. The monoisotopic (exact) mass is 405 g/mol. The molecule has 1 heterocycles. The minimum atomic E-state index is -1.17. The van der Waals surface area contributed by atoms with Gasteiger partial charge >= 0.3 is 0 Å². The molecule has 2 aromatic rings.